The number of anilines is 1. The summed E-state index contributed by atoms with van der Waals surface area (Å²) in [4.78, 5) is 14.3. The number of rotatable bonds is 5. The van der Waals surface area contributed by atoms with E-state index in [1.54, 1.807) is 12.1 Å². The van der Waals surface area contributed by atoms with Crippen molar-refractivity contribution in [3.63, 3.8) is 0 Å². The van der Waals surface area contributed by atoms with Gasteiger partial charge in [-0.25, -0.2) is 4.39 Å². The van der Waals surface area contributed by atoms with Gasteiger partial charge in [0.2, 0.25) is 5.91 Å². The topological polar surface area (TPSA) is 58.4 Å². The Morgan fingerprint density at radius 1 is 1.38 bits per heavy atom. The van der Waals surface area contributed by atoms with Gasteiger partial charge in [-0.2, -0.15) is 0 Å². The molecule has 0 radical (unpaired) electrons. The van der Waals surface area contributed by atoms with E-state index >= 15 is 0 Å². The van der Waals surface area contributed by atoms with Crippen LogP contribution in [0.3, 0.4) is 0 Å². The molecule has 6 heteroatoms. The molecule has 1 amide bonds. The lowest BCUT2D eigenvalue weighted by Crippen LogP contribution is -2.37. The van der Waals surface area contributed by atoms with Gasteiger partial charge in [0, 0.05) is 36.8 Å². The van der Waals surface area contributed by atoms with Crippen molar-refractivity contribution < 1.29 is 13.7 Å². The van der Waals surface area contributed by atoms with Crippen molar-refractivity contribution >= 4 is 11.6 Å². The third-order valence-electron chi connectivity index (χ3n) is 4.53. The van der Waals surface area contributed by atoms with Crippen LogP contribution in [0.5, 0.6) is 0 Å². The number of benzene rings is 1. The molecule has 1 fully saturated rings. The molecule has 1 N–H and O–H groups in total. The Hall–Kier alpha value is -2.37. The molecule has 3 rings (SSSR count). The highest BCUT2D eigenvalue weighted by atomic mass is 19.1. The van der Waals surface area contributed by atoms with E-state index in [2.05, 4.69) is 15.4 Å². The fraction of sp³-hybridized carbons (Fsp3) is 0.444. The van der Waals surface area contributed by atoms with Crippen molar-refractivity contribution in [2.24, 2.45) is 0 Å². The second kappa shape index (κ2) is 7.03. The van der Waals surface area contributed by atoms with Gasteiger partial charge in [-0.3, -0.25) is 4.79 Å². The fourth-order valence-corrected chi connectivity index (χ4v) is 3.16. The van der Waals surface area contributed by atoms with Crippen molar-refractivity contribution in [2.45, 2.75) is 39.2 Å². The molecular formula is C18H22FN3O2. The maximum Gasteiger partial charge on any atom is 0.220 e. The molecule has 1 aromatic carbocycles. The summed E-state index contributed by atoms with van der Waals surface area (Å²) in [5, 5.41) is 6.99. The van der Waals surface area contributed by atoms with Crippen LogP contribution in [-0.4, -0.2) is 30.2 Å². The maximum absolute atomic E-state index is 13.0. The Morgan fingerprint density at radius 3 is 2.79 bits per heavy atom. The molecule has 2 heterocycles. The molecule has 0 saturated carbocycles. The summed E-state index contributed by atoms with van der Waals surface area (Å²) in [5.41, 5.74) is 2.86. The highest BCUT2D eigenvalue weighted by Crippen LogP contribution is 2.21. The minimum absolute atomic E-state index is 0.0426. The number of carbonyl (C=O) groups is 1. The predicted molar refractivity (Wildman–Crippen MR) is 89.5 cm³/mol. The Kier molecular flexibility index (Phi) is 4.83. The van der Waals surface area contributed by atoms with E-state index in [1.807, 2.05) is 13.8 Å². The second-order valence-corrected chi connectivity index (χ2v) is 6.28. The molecule has 1 unspecified atom stereocenters. The van der Waals surface area contributed by atoms with Gasteiger partial charge in [0.1, 0.15) is 11.6 Å². The van der Waals surface area contributed by atoms with E-state index in [0.29, 0.717) is 12.8 Å². The van der Waals surface area contributed by atoms with Crippen LogP contribution in [0.15, 0.2) is 28.8 Å². The SMILES string of the molecule is Cc1noc(C)c1CCC(=O)NC1CCN(c2ccc(F)cc2)C1. The standard InChI is InChI=1S/C18H22FN3O2/c1-12-17(13(2)24-21-12)7-8-18(23)20-15-9-10-22(11-15)16-5-3-14(19)4-6-16/h3-6,15H,7-11H2,1-2H3,(H,20,23). The molecule has 2 aromatic rings. The molecule has 24 heavy (non-hydrogen) atoms. The second-order valence-electron chi connectivity index (χ2n) is 6.28. The zero-order valence-corrected chi connectivity index (χ0v) is 14.0. The third-order valence-corrected chi connectivity index (χ3v) is 4.53. The summed E-state index contributed by atoms with van der Waals surface area (Å²) in [6.45, 7) is 5.37. The van der Waals surface area contributed by atoms with Crippen LogP contribution in [0.25, 0.3) is 0 Å². The van der Waals surface area contributed by atoms with Crippen molar-refractivity contribution in [3.8, 4) is 0 Å². The fourth-order valence-electron chi connectivity index (χ4n) is 3.16. The lowest BCUT2D eigenvalue weighted by atomic mass is 10.1. The van der Waals surface area contributed by atoms with Crippen LogP contribution in [-0.2, 0) is 11.2 Å². The quantitative estimate of drug-likeness (QED) is 0.915. The molecule has 0 spiro atoms. The Balaban J connectivity index is 1.48. The zero-order valence-electron chi connectivity index (χ0n) is 14.0. The summed E-state index contributed by atoms with van der Waals surface area (Å²) in [7, 11) is 0. The number of nitrogens with zero attached hydrogens (tertiary/aromatic N) is 2. The number of aryl methyl sites for hydroxylation is 2. The highest BCUT2D eigenvalue weighted by Gasteiger charge is 2.24. The van der Waals surface area contributed by atoms with Gasteiger partial charge in [0.15, 0.2) is 0 Å². The summed E-state index contributed by atoms with van der Waals surface area (Å²) in [6.07, 6.45) is 1.96. The van der Waals surface area contributed by atoms with Crippen LogP contribution in [0.1, 0.15) is 29.9 Å². The Bertz CT molecular complexity index is 692. The zero-order chi connectivity index (χ0) is 17.1. The number of aromatic nitrogens is 1. The van der Waals surface area contributed by atoms with Crippen LogP contribution in [0, 0.1) is 19.7 Å². The van der Waals surface area contributed by atoms with Gasteiger partial charge in [0.25, 0.3) is 0 Å². The van der Waals surface area contributed by atoms with E-state index in [0.717, 1.165) is 42.2 Å². The maximum atomic E-state index is 13.0. The van der Waals surface area contributed by atoms with Gasteiger partial charge in [-0.05, 0) is 51.0 Å². The van der Waals surface area contributed by atoms with E-state index < -0.39 is 0 Å². The molecule has 1 atom stereocenters. The van der Waals surface area contributed by atoms with Gasteiger partial charge in [-0.15, -0.1) is 0 Å². The number of halogens is 1. The van der Waals surface area contributed by atoms with Gasteiger partial charge < -0.3 is 14.7 Å². The van der Waals surface area contributed by atoms with E-state index in [9.17, 15) is 9.18 Å². The van der Waals surface area contributed by atoms with E-state index in [1.165, 1.54) is 12.1 Å². The van der Waals surface area contributed by atoms with Crippen molar-refractivity contribution in [1.29, 1.82) is 0 Å². The van der Waals surface area contributed by atoms with Gasteiger partial charge in [0.05, 0.1) is 5.69 Å². The lowest BCUT2D eigenvalue weighted by Gasteiger charge is -2.19. The smallest absolute Gasteiger partial charge is 0.220 e. The molecule has 128 valence electrons. The summed E-state index contributed by atoms with van der Waals surface area (Å²) in [6, 6.07) is 6.61. The summed E-state index contributed by atoms with van der Waals surface area (Å²) < 4.78 is 18.1. The summed E-state index contributed by atoms with van der Waals surface area (Å²) in [5.74, 6) is 0.590. The van der Waals surface area contributed by atoms with E-state index in [-0.39, 0.29) is 17.8 Å². The Morgan fingerprint density at radius 2 is 2.12 bits per heavy atom. The molecule has 1 aliphatic rings. The van der Waals surface area contributed by atoms with Crippen molar-refractivity contribution in [2.75, 3.05) is 18.0 Å². The monoisotopic (exact) mass is 331 g/mol. The number of carbonyl (C=O) groups excluding carboxylic acids is 1. The average molecular weight is 331 g/mol. The average Bonchev–Trinajstić information content (AvgIpc) is 3.14. The first-order valence-electron chi connectivity index (χ1n) is 8.24. The minimum Gasteiger partial charge on any atom is -0.369 e. The minimum atomic E-state index is -0.234. The largest absolute Gasteiger partial charge is 0.369 e. The first kappa shape index (κ1) is 16.5. The predicted octanol–water partition coefficient (Wildman–Crippen LogP) is 2.76. The van der Waals surface area contributed by atoms with Crippen LogP contribution in [0.2, 0.25) is 0 Å². The first-order valence-corrected chi connectivity index (χ1v) is 8.24. The summed E-state index contributed by atoms with van der Waals surface area (Å²) >= 11 is 0. The molecule has 1 saturated heterocycles. The Labute approximate surface area is 140 Å². The number of amides is 1. The van der Waals surface area contributed by atoms with Gasteiger partial charge in [-0.1, -0.05) is 5.16 Å². The van der Waals surface area contributed by atoms with Crippen LogP contribution in [0.4, 0.5) is 10.1 Å². The third kappa shape index (κ3) is 3.75. The molecular weight excluding hydrogens is 309 g/mol. The van der Waals surface area contributed by atoms with Crippen LogP contribution < -0.4 is 10.2 Å². The molecule has 1 aromatic heterocycles. The number of hydrogen-bond donors (Lipinski definition) is 1. The lowest BCUT2D eigenvalue weighted by molar-refractivity contribution is -0.121. The van der Waals surface area contributed by atoms with Crippen molar-refractivity contribution in [1.82, 2.24) is 10.5 Å². The molecule has 1 aliphatic heterocycles. The molecule has 0 aliphatic carbocycles. The van der Waals surface area contributed by atoms with Crippen LogP contribution >= 0.6 is 0 Å². The molecule has 0 bridgehead atoms. The van der Waals surface area contributed by atoms with Crippen molar-refractivity contribution in [3.05, 3.63) is 47.1 Å². The van der Waals surface area contributed by atoms with Gasteiger partial charge >= 0.3 is 0 Å². The van der Waals surface area contributed by atoms with E-state index in [4.69, 9.17) is 4.52 Å². The highest BCUT2D eigenvalue weighted by molar-refractivity contribution is 5.76. The first-order chi connectivity index (χ1) is 11.5. The number of hydrogen-bond acceptors (Lipinski definition) is 4. The molecule has 5 nitrogen and oxygen atoms in total. The normalized spacial score (nSPS) is 17.3. The number of nitrogens with one attached hydrogen (secondary N) is 1.